The van der Waals surface area contributed by atoms with Crippen molar-refractivity contribution in [3.8, 4) is 0 Å². The number of carbonyl (C=O) groups is 2. The topological polar surface area (TPSA) is 49.4 Å². The molecule has 0 saturated carbocycles. The Morgan fingerprint density at radius 3 is 2.63 bits per heavy atom. The second kappa shape index (κ2) is 4.64. The van der Waals surface area contributed by atoms with Gasteiger partial charge in [-0.25, -0.2) is 4.39 Å². The molecule has 1 aromatic rings. The van der Waals surface area contributed by atoms with Crippen molar-refractivity contribution in [2.45, 2.75) is 32.7 Å². The van der Waals surface area contributed by atoms with Crippen LogP contribution in [0.25, 0.3) is 0 Å². The Hall–Kier alpha value is -1.91. The van der Waals surface area contributed by atoms with Crippen molar-refractivity contribution in [1.29, 1.82) is 0 Å². The van der Waals surface area contributed by atoms with Crippen LogP contribution >= 0.6 is 0 Å². The monoisotopic (exact) mass is 264 g/mol. The molecule has 0 bridgehead atoms. The molecule has 1 aliphatic rings. The molecular weight excluding hydrogens is 247 g/mol. The van der Waals surface area contributed by atoms with Gasteiger partial charge in [0.1, 0.15) is 11.4 Å². The number of hydrogen-bond donors (Lipinski definition) is 1. The largest absolute Gasteiger partial charge is 0.342 e. The Kier molecular flexibility index (Phi) is 3.30. The van der Waals surface area contributed by atoms with E-state index in [9.17, 15) is 14.0 Å². The summed E-state index contributed by atoms with van der Waals surface area (Å²) in [5, 5.41) is 2.65. The van der Waals surface area contributed by atoms with Crippen LogP contribution < -0.4 is 10.2 Å². The van der Waals surface area contributed by atoms with E-state index >= 15 is 0 Å². The van der Waals surface area contributed by atoms with E-state index in [2.05, 4.69) is 5.32 Å². The molecule has 1 aromatic carbocycles. The number of hydrogen-bond acceptors (Lipinski definition) is 2. The minimum Gasteiger partial charge on any atom is -0.342 e. The van der Waals surface area contributed by atoms with E-state index in [-0.39, 0.29) is 30.5 Å². The molecular formula is C14H17FN2O2. The Morgan fingerprint density at radius 1 is 1.32 bits per heavy atom. The minimum atomic E-state index is -1.03. The van der Waals surface area contributed by atoms with Crippen LogP contribution in [0.15, 0.2) is 18.2 Å². The minimum absolute atomic E-state index is 0.170. The first kappa shape index (κ1) is 13.5. The van der Waals surface area contributed by atoms with Crippen LogP contribution in [-0.4, -0.2) is 23.9 Å². The van der Waals surface area contributed by atoms with Gasteiger partial charge in [0, 0.05) is 13.0 Å². The highest BCUT2D eigenvalue weighted by Gasteiger charge is 2.38. The van der Waals surface area contributed by atoms with E-state index in [4.69, 9.17) is 0 Å². The molecule has 2 rings (SSSR count). The number of carbonyl (C=O) groups excluding carboxylic acids is 2. The van der Waals surface area contributed by atoms with Crippen LogP contribution in [0.2, 0.25) is 0 Å². The summed E-state index contributed by atoms with van der Waals surface area (Å²) in [7, 11) is 0. The maximum Gasteiger partial charge on any atom is 0.252 e. The van der Waals surface area contributed by atoms with Crippen LogP contribution in [0, 0.1) is 12.7 Å². The fourth-order valence-corrected chi connectivity index (χ4v) is 2.30. The lowest BCUT2D eigenvalue weighted by Gasteiger charge is -2.30. The van der Waals surface area contributed by atoms with Crippen molar-refractivity contribution < 1.29 is 14.0 Å². The lowest BCUT2D eigenvalue weighted by atomic mass is 10.0. The summed E-state index contributed by atoms with van der Waals surface area (Å²) in [6.07, 6.45) is 0.170. The number of para-hydroxylation sites is 1. The standard InChI is InChI=1S/C14H17FN2O2/c1-9-5-4-6-10(15)12(9)17-8-7-11(18)16-14(2,3)13(17)19/h4-6H,7-8H2,1-3H3,(H,16,18). The molecule has 0 radical (unpaired) electrons. The van der Waals surface area contributed by atoms with Crippen molar-refractivity contribution in [3.63, 3.8) is 0 Å². The average molecular weight is 264 g/mol. The number of aryl methyl sites for hydroxylation is 1. The molecule has 1 heterocycles. The molecule has 102 valence electrons. The average Bonchev–Trinajstić information content (AvgIpc) is 2.39. The fraction of sp³-hybridized carbons (Fsp3) is 0.429. The first-order valence-corrected chi connectivity index (χ1v) is 6.21. The second-order valence-electron chi connectivity index (χ2n) is 5.29. The molecule has 0 spiro atoms. The van der Waals surface area contributed by atoms with E-state index in [1.807, 2.05) is 0 Å². The summed E-state index contributed by atoms with van der Waals surface area (Å²) in [6, 6.07) is 4.67. The summed E-state index contributed by atoms with van der Waals surface area (Å²) < 4.78 is 14.0. The highest BCUT2D eigenvalue weighted by atomic mass is 19.1. The predicted octanol–water partition coefficient (Wildman–Crippen LogP) is 1.77. The summed E-state index contributed by atoms with van der Waals surface area (Å²) in [5.41, 5.74) is -0.0851. The second-order valence-corrected chi connectivity index (χ2v) is 5.29. The number of benzene rings is 1. The zero-order valence-electron chi connectivity index (χ0n) is 11.3. The molecule has 19 heavy (non-hydrogen) atoms. The predicted molar refractivity (Wildman–Crippen MR) is 70.3 cm³/mol. The Labute approximate surface area is 111 Å². The Morgan fingerprint density at radius 2 is 2.00 bits per heavy atom. The molecule has 2 amide bonds. The molecule has 0 aromatic heterocycles. The van der Waals surface area contributed by atoms with Crippen molar-refractivity contribution in [1.82, 2.24) is 5.32 Å². The maximum atomic E-state index is 14.0. The van der Waals surface area contributed by atoms with Gasteiger partial charge in [0.2, 0.25) is 5.91 Å². The zero-order chi connectivity index (χ0) is 14.2. The Bertz CT molecular complexity index is 520. The third-order valence-electron chi connectivity index (χ3n) is 3.25. The van der Waals surface area contributed by atoms with Gasteiger partial charge in [0.05, 0.1) is 5.69 Å². The molecule has 0 aliphatic carbocycles. The number of amides is 2. The van der Waals surface area contributed by atoms with Crippen molar-refractivity contribution in [2.24, 2.45) is 0 Å². The lowest BCUT2D eigenvalue weighted by Crippen LogP contribution is -2.53. The summed E-state index contributed by atoms with van der Waals surface area (Å²) in [6.45, 7) is 5.19. The molecule has 0 atom stereocenters. The van der Waals surface area contributed by atoms with Crippen LogP contribution in [0.4, 0.5) is 10.1 Å². The van der Waals surface area contributed by atoms with E-state index in [1.54, 1.807) is 32.9 Å². The van der Waals surface area contributed by atoms with Crippen LogP contribution in [-0.2, 0) is 9.59 Å². The van der Waals surface area contributed by atoms with E-state index in [0.717, 1.165) is 0 Å². The molecule has 1 aliphatic heterocycles. The molecule has 4 nitrogen and oxygen atoms in total. The van der Waals surface area contributed by atoms with Crippen molar-refractivity contribution in [3.05, 3.63) is 29.6 Å². The van der Waals surface area contributed by atoms with Gasteiger partial charge in [0.25, 0.3) is 5.91 Å². The number of halogens is 1. The quantitative estimate of drug-likeness (QED) is 0.840. The molecule has 5 heteroatoms. The summed E-state index contributed by atoms with van der Waals surface area (Å²) in [5.74, 6) is -0.945. The van der Waals surface area contributed by atoms with E-state index in [0.29, 0.717) is 5.56 Å². The zero-order valence-corrected chi connectivity index (χ0v) is 11.3. The maximum absolute atomic E-state index is 14.0. The van der Waals surface area contributed by atoms with Gasteiger partial charge >= 0.3 is 0 Å². The molecule has 1 fully saturated rings. The van der Waals surface area contributed by atoms with Gasteiger partial charge in [-0.05, 0) is 32.4 Å². The Balaban J connectivity index is 2.49. The highest BCUT2D eigenvalue weighted by Crippen LogP contribution is 2.27. The molecule has 1 saturated heterocycles. The third-order valence-corrected chi connectivity index (χ3v) is 3.25. The number of anilines is 1. The summed E-state index contributed by atoms with van der Waals surface area (Å²) in [4.78, 5) is 25.4. The van der Waals surface area contributed by atoms with Gasteiger partial charge in [-0.2, -0.15) is 0 Å². The van der Waals surface area contributed by atoms with Crippen LogP contribution in [0.1, 0.15) is 25.8 Å². The highest BCUT2D eigenvalue weighted by molar-refractivity contribution is 6.04. The molecule has 0 unspecified atom stereocenters. The number of nitrogens with one attached hydrogen (secondary N) is 1. The van der Waals surface area contributed by atoms with Crippen LogP contribution in [0.5, 0.6) is 0 Å². The summed E-state index contributed by atoms with van der Waals surface area (Å²) >= 11 is 0. The third kappa shape index (κ3) is 2.45. The van der Waals surface area contributed by atoms with Crippen molar-refractivity contribution in [2.75, 3.05) is 11.4 Å². The van der Waals surface area contributed by atoms with Gasteiger partial charge < -0.3 is 10.2 Å². The van der Waals surface area contributed by atoms with Gasteiger partial charge in [-0.1, -0.05) is 12.1 Å². The van der Waals surface area contributed by atoms with E-state index in [1.165, 1.54) is 11.0 Å². The smallest absolute Gasteiger partial charge is 0.252 e. The SMILES string of the molecule is Cc1cccc(F)c1N1CCC(=O)NC(C)(C)C1=O. The lowest BCUT2D eigenvalue weighted by molar-refractivity contribution is -0.128. The van der Waals surface area contributed by atoms with Crippen LogP contribution in [0.3, 0.4) is 0 Å². The van der Waals surface area contributed by atoms with E-state index < -0.39 is 11.4 Å². The fourth-order valence-electron chi connectivity index (χ4n) is 2.30. The van der Waals surface area contributed by atoms with Crippen molar-refractivity contribution >= 4 is 17.5 Å². The molecule has 1 N–H and O–H groups in total. The first-order valence-electron chi connectivity index (χ1n) is 6.21. The first-order chi connectivity index (χ1) is 8.83. The number of rotatable bonds is 1. The van der Waals surface area contributed by atoms with Gasteiger partial charge in [-0.3, -0.25) is 9.59 Å². The normalized spacial score (nSPS) is 19.1. The van der Waals surface area contributed by atoms with Gasteiger partial charge in [0.15, 0.2) is 0 Å². The number of nitrogens with zero attached hydrogens (tertiary/aromatic N) is 1. The van der Waals surface area contributed by atoms with Gasteiger partial charge in [-0.15, -0.1) is 0 Å².